The molecule has 0 bridgehead atoms. The van der Waals surface area contributed by atoms with Gasteiger partial charge in [-0.3, -0.25) is 0 Å². The third-order valence-electron chi connectivity index (χ3n) is 5.98. The molecule has 0 atom stereocenters. The Morgan fingerprint density at radius 3 is 2.70 bits per heavy atom. The van der Waals surface area contributed by atoms with Crippen molar-refractivity contribution in [3.05, 3.63) is 35.4 Å². The van der Waals surface area contributed by atoms with Crippen LogP contribution in [0.15, 0.2) is 24.3 Å². The van der Waals surface area contributed by atoms with E-state index in [1.807, 2.05) is 18.2 Å². The highest BCUT2D eigenvalue weighted by atomic mass is 16.5. The van der Waals surface area contributed by atoms with Crippen LogP contribution in [0.2, 0.25) is 0 Å². The molecule has 1 aromatic carbocycles. The molecule has 3 heteroatoms. The van der Waals surface area contributed by atoms with Crippen LogP contribution in [0.4, 0.5) is 0 Å². The van der Waals surface area contributed by atoms with Gasteiger partial charge in [-0.2, -0.15) is 5.26 Å². The number of hydrogen-bond acceptors (Lipinski definition) is 3. The third-order valence-corrected chi connectivity index (χ3v) is 5.98. The summed E-state index contributed by atoms with van der Waals surface area (Å²) in [5.74, 6) is 0.865. The van der Waals surface area contributed by atoms with Crippen LogP contribution in [-0.4, -0.2) is 37.7 Å². The Bertz CT molecular complexity index is 549. The fourth-order valence-electron chi connectivity index (χ4n) is 4.18. The number of nitrogens with zero attached hydrogens (tertiary/aromatic N) is 2. The first kappa shape index (κ1) is 16.5. The highest BCUT2D eigenvalue weighted by molar-refractivity contribution is 5.32. The molecule has 3 nitrogen and oxygen atoms in total. The van der Waals surface area contributed by atoms with Gasteiger partial charge in [0.05, 0.1) is 11.6 Å². The molecule has 0 spiro atoms. The van der Waals surface area contributed by atoms with Gasteiger partial charge in [-0.05, 0) is 74.2 Å². The molecular weight excluding hydrogens is 284 g/mol. The fourth-order valence-corrected chi connectivity index (χ4v) is 4.18. The number of hydrogen-bond donors (Lipinski definition) is 0. The van der Waals surface area contributed by atoms with Crippen LogP contribution in [0.1, 0.15) is 43.7 Å². The number of benzene rings is 1. The molecule has 2 fully saturated rings. The van der Waals surface area contributed by atoms with E-state index in [1.165, 1.54) is 44.3 Å². The van der Waals surface area contributed by atoms with Gasteiger partial charge in [0.15, 0.2) is 0 Å². The maximum absolute atomic E-state index is 8.99. The van der Waals surface area contributed by atoms with Crippen LogP contribution in [0.5, 0.6) is 0 Å². The van der Waals surface area contributed by atoms with Gasteiger partial charge in [-0.1, -0.05) is 19.1 Å². The summed E-state index contributed by atoms with van der Waals surface area (Å²) in [6, 6.07) is 10.3. The van der Waals surface area contributed by atoms with Crippen molar-refractivity contribution in [1.82, 2.24) is 4.90 Å². The SMILES string of the molecule is CC1(C2CCN(CCc3cccc(C#N)c3)CC2)CCOCC1. The summed E-state index contributed by atoms with van der Waals surface area (Å²) in [7, 11) is 0. The van der Waals surface area contributed by atoms with Crippen molar-refractivity contribution in [3.8, 4) is 6.07 Å². The first-order chi connectivity index (χ1) is 11.2. The predicted molar refractivity (Wildman–Crippen MR) is 92.2 cm³/mol. The lowest BCUT2D eigenvalue weighted by atomic mass is 9.68. The van der Waals surface area contributed by atoms with Crippen molar-refractivity contribution >= 4 is 0 Å². The van der Waals surface area contributed by atoms with E-state index in [1.54, 1.807) is 0 Å². The lowest BCUT2D eigenvalue weighted by Crippen LogP contribution is -2.42. The van der Waals surface area contributed by atoms with Crippen molar-refractivity contribution in [1.29, 1.82) is 5.26 Å². The second kappa shape index (κ2) is 7.47. The van der Waals surface area contributed by atoms with E-state index in [4.69, 9.17) is 10.00 Å². The molecule has 0 N–H and O–H groups in total. The summed E-state index contributed by atoms with van der Waals surface area (Å²) >= 11 is 0. The number of rotatable bonds is 4. The van der Waals surface area contributed by atoms with Crippen LogP contribution in [0, 0.1) is 22.7 Å². The smallest absolute Gasteiger partial charge is 0.0991 e. The maximum atomic E-state index is 8.99. The zero-order valence-electron chi connectivity index (χ0n) is 14.3. The Labute approximate surface area is 140 Å². The highest BCUT2D eigenvalue weighted by Crippen LogP contribution is 2.42. The minimum absolute atomic E-state index is 0.505. The maximum Gasteiger partial charge on any atom is 0.0991 e. The van der Waals surface area contributed by atoms with E-state index in [-0.39, 0.29) is 0 Å². The zero-order valence-corrected chi connectivity index (χ0v) is 14.3. The first-order valence-corrected chi connectivity index (χ1v) is 8.99. The predicted octanol–water partition coefficient (Wildman–Crippen LogP) is 3.63. The second-order valence-corrected chi connectivity index (χ2v) is 7.44. The molecule has 1 aromatic rings. The lowest BCUT2D eigenvalue weighted by molar-refractivity contribution is -0.0252. The highest BCUT2D eigenvalue weighted by Gasteiger charge is 2.37. The average Bonchev–Trinajstić information content (AvgIpc) is 2.61. The zero-order chi connectivity index (χ0) is 16.1. The summed E-state index contributed by atoms with van der Waals surface area (Å²) in [4.78, 5) is 2.60. The topological polar surface area (TPSA) is 36.3 Å². The molecule has 3 rings (SSSR count). The minimum Gasteiger partial charge on any atom is -0.381 e. The Balaban J connectivity index is 1.46. The largest absolute Gasteiger partial charge is 0.381 e. The molecule has 0 amide bonds. The molecule has 2 heterocycles. The van der Waals surface area contributed by atoms with Crippen molar-refractivity contribution in [2.75, 3.05) is 32.8 Å². The molecule has 0 aliphatic carbocycles. The average molecular weight is 312 g/mol. The van der Waals surface area contributed by atoms with Crippen molar-refractivity contribution in [2.45, 2.75) is 39.0 Å². The molecule has 2 aliphatic rings. The van der Waals surface area contributed by atoms with Crippen molar-refractivity contribution < 1.29 is 4.74 Å². The fraction of sp³-hybridized carbons (Fsp3) is 0.650. The molecule has 23 heavy (non-hydrogen) atoms. The molecule has 2 saturated heterocycles. The van der Waals surface area contributed by atoms with E-state index >= 15 is 0 Å². The number of piperidine rings is 1. The van der Waals surface area contributed by atoms with Gasteiger partial charge in [0, 0.05) is 19.8 Å². The molecule has 2 aliphatic heterocycles. The van der Waals surface area contributed by atoms with E-state index < -0.39 is 0 Å². The van der Waals surface area contributed by atoms with Gasteiger partial charge < -0.3 is 9.64 Å². The van der Waals surface area contributed by atoms with E-state index in [0.29, 0.717) is 5.41 Å². The van der Waals surface area contributed by atoms with Crippen LogP contribution in [-0.2, 0) is 11.2 Å². The number of likely N-dealkylation sites (tertiary alicyclic amines) is 1. The van der Waals surface area contributed by atoms with Crippen LogP contribution in [0.25, 0.3) is 0 Å². The standard InChI is InChI=1S/C20H28N2O/c1-20(8-13-23-14-9-20)19-6-11-22(12-7-19)10-5-17-3-2-4-18(15-17)16-21/h2-4,15,19H,5-14H2,1H3. The van der Waals surface area contributed by atoms with Crippen LogP contribution >= 0.6 is 0 Å². The third kappa shape index (κ3) is 4.13. The summed E-state index contributed by atoms with van der Waals surface area (Å²) in [6.07, 6.45) is 6.17. The van der Waals surface area contributed by atoms with Gasteiger partial charge >= 0.3 is 0 Å². The number of ether oxygens (including phenoxy) is 1. The van der Waals surface area contributed by atoms with Crippen LogP contribution < -0.4 is 0 Å². The quantitative estimate of drug-likeness (QED) is 0.852. The van der Waals surface area contributed by atoms with Gasteiger partial charge in [0.2, 0.25) is 0 Å². The van der Waals surface area contributed by atoms with Gasteiger partial charge in [-0.15, -0.1) is 0 Å². The van der Waals surface area contributed by atoms with Crippen LogP contribution in [0.3, 0.4) is 0 Å². The molecule has 0 unspecified atom stereocenters. The Morgan fingerprint density at radius 1 is 1.26 bits per heavy atom. The summed E-state index contributed by atoms with van der Waals surface area (Å²) in [6.45, 7) is 7.93. The Kier molecular flexibility index (Phi) is 5.35. The Hall–Kier alpha value is -1.37. The second-order valence-electron chi connectivity index (χ2n) is 7.44. The van der Waals surface area contributed by atoms with E-state index in [0.717, 1.165) is 37.7 Å². The van der Waals surface area contributed by atoms with E-state index in [2.05, 4.69) is 24.0 Å². The summed E-state index contributed by atoms with van der Waals surface area (Å²) in [5.41, 5.74) is 2.56. The first-order valence-electron chi connectivity index (χ1n) is 8.99. The lowest BCUT2D eigenvalue weighted by Gasteiger charge is -2.44. The van der Waals surface area contributed by atoms with E-state index in [9.17, 15) is 0 Å². The molecule has 124 valence electrons. The Morgan fingerprint density at radius 2 is 2.00 bits per heavy atom. The summed E-state index contributed by atoms with van der Waals surface area (Å²) < 4.78 is 5.55. The van der Waals surface area contributed by atoms with Crippen molar-refractivity contribution in [2.24, 2.45) is 11.3 Å². The monoisotopic (exact) mass is 312 g/mol. The van der Waals surface area contributed by atoms with Gasteiger partial charge in [0.1, 0.15) is 0 Å². The van der Waals surface area contributed by atoms with Gasteiger partial charge in [-0.25, -0.2) is 0 Å². The molecule has 0 radical (unpaired) electrons. The molecule has 0 aromatic heterocycles. The minimum atomic E-state index is 0.505. The number of nitriles is 1. The molecular formula is C20H28N2O. The normalized spacial score (nSPS) is 22.6. The van der Waals surface area contributed by atoms with Crippen molar-refractivity contribution in [3.63, 3.8) is 0 Å². The van der Waals surface area contributed by atoms with Gasteiger partial charge in [0.25, 0.3) is 0 Å². The molecule has 0 saturated carbocycles. The summed E-state index contributed by atoms with van der Waals surface area (Å²) in [5, 5.41) is 8.99.